The summed E-state index contributed by atoms with van der Waals surface area (Å²) in [5, 5.41) is 0. The summed E-state index contributed by atoms with van der Waals surface area (Å²) in [6.45, 7) is 2.98. The molecule has 1 rings (SSSR count). The van der Waals surface area contributed by atoms with Crippen LogP contribution in [0, 0.1) is 0 Å². The molecule has 11 heavy (non-hydrogen) atoms. The Bertz CT molecular complexity index is 108. The lowest BCUT2D eigenvalue weighted by Crippen LogP contribution is -1.95. The molecule has 0 saturated carbocycles. The van der Waals surface area contributed by atoms with Gasteiger partial charge in [-0.05, 0) is 13.0 Å². The normalized spacial score (nSPS) is 8.18. The van der Waals surface area contributed by atoms with Crippen molar-refractivity contribution in [2.24, 2.45) is 5.73 Å². The molecule has 0 unspecified atom stereocenters. The molecule has 0 bridgehead atoms. The maximum absolute atomic E-state index is 5.14. The van der Waals surface area contributed by atoms with Gasteiger partial charge in [0.2, 0.25) is 0 Å². The zero-order chi connectivity index (χ0) is 8.36. The first-order valence-electron chi connectivity index (χ1n) is 4.12. The number of rotatable bonds is 2. The Labute approximate surface area is 69.2 Å². The van der Waals surface area contributed by atoms with Gasteiger partial charge in [0.15, 0.2) is 0 Å². The molecule has 0 fully saturated rings. The van der Waals surface area contributed by atoms with Crippen molar-refractivity contribution >= 4 is 0 Å². The smallest absolute Gasteiger partial charge is 0.00774 e. The molecule has 0 heterocycles. The largest absolute Gasteiger partial charge is 0.330 e. The Morgan fingerprint density at radius 3 is 1.36 bits per heavy atom. The zero-order valence-electron chi connectivity index (χ0n) is 7.16. The van der Waals surface area contributed by atoms with Crippen molar-refractivity contribution in [3.8, 4) is 0 Å². The Hall–Kier alpha value is -0.820. The SMILES string of the molecule is CCCCN.c1ccccc1. The van der Waals surface area contributed by atoms with Crippen molar-refractivity contribution in [1.82, 2.24) is 0 Å². The maximum atomic E-state index is 5.14. The van der Waals surface area contributed by atoms with Gasteiger partial charge in [-0.3, -0.25) is 0 Å². The van der Waals surface area contributed by atoms with E-state index in [-0.39, 0.29) is 0 Å². The van der Waals surface area contributed by atoms with Gasteiger partial charge in [0.25, 0.3) is 0 Å². The van der Waals surface area contributed by atoms with Gasteiger partial charge in [0, 0.05) is 0 Å². The molecular formula is C10H17N. The van der Waals surface area contributed by atoms with Crippen LogP contribution in [0.5, 0.6) is 0 Å². The quantitative estimate of drug-likeness (QED) is 0.690. The van der Waals surface area contributed by atoms with Gasteiger partial charge < -0.3 is 5.73 Å². The molecule has 62 valence electrons. The van der Waals surface area contributed by atoms with E-state index in [1.165, 1.54) is 12.8 Å². The third kappa shape index (κ3) is 9.18. The van der Waals surface area contributed by atoms with Crippen LogP contribution in [-0.4, -0.2) is 6.54 Å². The molecule has 0 aliphatic heterocycles. The van der Waals surface area contributed by atoms with Crippen LogP contribution in [0.25, 0.3) is 0 Å². The predicted octanol–water partition coefficient (Wildman–Crippen LogP) is 2.43. The van der Waals surface area contributed by atoms with Gasteiger partial charge in [-0.2, -0.15) is 0 Å². The standard InChI is InChI=1S/C6H6.C4H11N/c1-2-4-6-5-3-1;1-2-3-4-5/h1-6H;2-5H2,1H3. The van der Waals surface area contributed by atoms with Crippen LogP contribution in [0.3, 0.4) is 0 Å². The molecule has 2 N–H and O–H groups in total. The zero-order valence-corrected chi connectivity index (χ0v) is 7.16. The van der Waals surface area contributed by atoms with E-state index in [0.717, 1.165) is 6.54 Å². The molecule has 0 aliphatic carbocycles. The van der Waals surface area contributed by atoms with Crippen LogP contribution >= 0.6 is 0 Å². The number of hydrogen-bond donors (Lipinski definition) is 1. The molecule has 1 aromatic carbocycles. The van der Waals surface area contributed by atoms with Crippen LogP contribution in [0.1, 0.15) is 19.8 Å². The molecule has 0 aliphatic rings. The van der Waals surface area contributed by atoms with Crippen LogP contribution < -0.4 is 5.73 Å². The fourth-order valence-electron chi connectivity index (χ4n) is 0.589. The summed E-state index contributed by atoms with van der Waals surface area (Å²) in [5.41, 5.74) is 5.14. The van der Waals surface area contributed by atoms with Crippen LogP contribution in [0.2, 0.25) is 0 Å². The van der Waals surface area contributed by atoms with Gasteiger partial charge >= 0.3 is 0 Å². The summed E-state index contributed by atoms with van der Waals surface area (Å²) in [4.78, 5) is 0. The van der Waals surface area contributed by atoms with E-state index in [2.05, 4.69) is 6.92 Å². The minimum absolute atomic E-state index is 0.844. The Morgan fingerprint density at radius 1 is 0.909 bits per heavy atom. The van der Waals surface area contributed by atoms with E-state index < -0.39 is 0 Å². The first-order valence-corrected chi connectivity index (χ1v) is 4.12. The summed E-state index contributed by atoms with van der Waals surface area (Å²) in [6.07, 6.45) is 2.39. The molecule has 1 nitrogen and oxygen atoms in total. The fourth-order valence-corrected chi connectivity index (χ4v) is 0.589. The molecule has 0 spiro atoms. The summed E-state index contributed by atoms with van der Waals surface area (Å²) in [7, 11) is 0. The Balaban J connectivity index is 0.000000187. The van der Waals surface area contributed by atoms with E-state index in [9.17, 15) is 0 Å². The van der Waals surface area contributed by atoms with E-state index in [0.29, 0.717) is 0 Å². The van der Waals surface area contributed by atoms with Crippen molar-refractivity contribution in [1.29, 1.82) is 0 Å². The van der Waals surface area contributed by atoms with Gasteiger partial charge in [0.05, 0.1) is 0 Å². The van der Waals surface area contributed by atoms with E-state index in [1.807, 2.05) is 36.4 Å². The summed E-state index contributed by atoms with van der Waals surface area (Å²) in [5.74, 6) is 0. The van der Waals surface area contributed by atoms with Crippen LogP contribution in [-0.2, 0) is 0 Å². The lowest BCUT2D eigenvalue weighted by atomic mass is 10.3. The minimum Gasteiger partial charge on any atom is -0.330 e. The van der Waals surface area contributed by atoms with Crippen LogP contribution in [0.15, 0.2) is 36.4 Å². The third-order valence-corrected chi connectivity index (χ3v) is 1.22. The number of benzene rings is 1. The highest BCUT2D eigenvalue weighted by Crippen LogP contribution is 1.79. The molecule has 0 amide bonds. The Kier molecular flexibility index (Phi) is 8.50. The number of hydrogen-bond acceptors (Lipinski definition) is 1. The summed E-state index contributed by atoms with van der Waals surface area (Å²) >= 11 is 0. The maximum Gasteiger partial charge on any atom is -0.00774 e. The topological polar surface area (TPSA) is 26.0 Å². The predicted molar refractivity (Wildman–Crippen MR) is 50.4 cm³/mol. The second-order valence-electron chi connectivity index (χ2n) is 2.30. The number of unbranched alkanes of at least 4 members (excludes halogenated alkanes) is 1. The monoisotopic (exact) mass is 151 g/mol. The molecule has 0 atom stereocenters. The average Bonchev–Trinajstić information content (AvgIpc) is 2.10. The minimum atomic E-state index is 0.844. The molecule has 0 saturated heterocycles. The van der Waals surface area contributed by atoms with Gasteiger partial charge in [-0.1, -0.05) is 49.7 Å². The van der Waals surface area contributed by atoms with Crippen molar-refractivity contribution in [3.05, 3.63) is 36.4 Å². The van der Waals surface area contributed by atoms with Crippen molar-refractivity contribution in [3.63, 3.8) is 0 Å². The average molecular weight is 151 g/mol. The van der Waals surface area contributed by atoms with Crippen LogP contribution in [0.4, 0.5) is 0 Å². The van der Waals surface area contributed by atoms with Crippen molar-refractivity contribution < 1.29 is 0 Å². The lowest BCUT2D eigenvalue weighted by molar-refractivity contribution is 0.807. The first kappa shape index (κ1) is 10.2. The van der Waals surface area contributed by atoms with Crippen molar-refractivity contribution in [2.45, 2.75) is 19.8 Å². The first-order chi connectivity index (χ1) is 5.41. The molecule has 1 heteroatoms. The van der Waals surface area contributed by atoms with E-state index >= 15 is 0 Å². The Morgan fingerprint density at radius 2 is 1.27 bits per heavy atom. The summed E-state index contributed by atoms with van der Waals surface area (Å²) in [6, 6.07) is 12.0. The van der Waals surface area contributed by atoms with E-state index in [1.54, 1.807) is 0 Å². The highest BCUT2D eigenvalue weighted by molar-refractivity contribution is 4.99. The second-order valence-corrected chi connectivity index (χ2v) is 2.30. The fraction of sp³-hybridized carbons (Fsp3) is 0.400. The van der Waals surface area contributed by atoms with Gasteiger partial charge in [-0.25, -0.2) is 0 Å². The second kappa shape index (κ2) is 9.18. The molecule has 0 radical (unpaired) electrons. The number of nitrogens with two attached hydrogens (primary N) is 1. The lowest BCUT2D eigenvalue weighted by Gasteiger charge is -1.80. The highest BCUT2D eigenvalue weighted by Gasteiger charge is 1.67. The highest BCUT2D eigenvalue weighted by atomic mass is 14.5. The van der Waals surface area contributed by atoms with E-state index in [4.69, 9.17) is 5.73 Å². The molecular weight excluding hydrogens is 134 g/mol. The van der Waals surface area contributed by atoms with Gasteiger partial charge in [0.1, 0.15) is 0 Å². The molecule has 1 aromatic rings. The summed E-state index contributed by atoms with van der Waals surface area (Å²) < 4.78 is 0. The van der Waals surface area contributed by atoms with Gasteiger partial charge in [-0.15, -0.1) is 0 Å². The van der Waals surface area contributed by atoms with Crippen molar-refractivity contribution in [2.75, 3.05) is 6.54 Å². The third-order valence-electron chi connectivity index (χ3n) is 1.22. The molecule has 0 aromatic heterocycles.